The Kier molecular flexibility index (Phi) is 5.97. The summed E-state index contributed by atoms with van der Waals surface area (Å²) in [6, 6.07) is 0. The second-order valence-electron chi connectivity index (χ2n) is 4.17. The van der Waals surface area contributed by atoms with E-state index >= 15 is 0 Å². The first kappa shape index (κ1) is 15.6. The Bertz CT molecular complexity index is 456. The minimum Gasteiger partial charge on any atom is -0.396 e. The van der Waals surface area contributed by atoms with Gasteiger partial charge in [-0.3, -0.25) is 10.1 Å². The van der Waals surface area contributed by atoms with E-state index in [2.05, 4.69) is 15.3 Å². The van der Waals surface area contributed by atoms with E-state index in [0.717, 1.165) is 0 Å². The molecule has 0 bridgehead atoms. The Morgan fingerprint density at radius 1 is 1.53 bits per heavy atom. The van der Waals surface area contributed by atoms with Crippen molar-refractivity contribution in [1.29, 1.82) is 0 Å². The van der Waals surface area contributed by atoms with E-state index in [1.807, 2.05) is 13.8 Å². The van der Waals surface area contributed by atoms with Gasteiger partial charge in [0.1, 0.15) is 5.69 Å². The highest BCUT2D eigenvalue weighted by Gasteiger charge is 2.22. The minimum atomic E-state index is -0.461. The van der Waals surface area contributed by atoms with Gasteiger partial charge < -0.3 is 10.4 Å². The number of nitrogens with zero attached hydrogens (tertiary/aromatic N) is 3. The molecular formula is C11H18N4O3S. The highest BCUT2D eigenvalue weighted by atomic mass is 32.2. The highest BCUT2D eigenvalue weighted by Crippen LogP contribution is 2.31. The fraction of sp³-hybridized carbons (Fsp3) is 0.636. The van der Waals surface area contributed by atoms with E-state index in [-0.39, 0.29) is 18.2 Å². The zero-order valence-corrected chi connectivity index (χ0v) is 12.0. The molecule has 0 saturated heterocycles. The van der Waals surface area contributed by atoms with Crippen molar-refractivity contribution >= 4 is 23.4 Å². The van der Waals surface area contributed by atoms with Gasteiger partial charge in [-0.05, 0) is 19.8 Å². The lowest BCUT2D eigenvalue weighted by atomic mass is 10.2. The molecule has 0 aromatic carbocycles. The van der Waals surface area contributed by atoms with Crippen LogP contribution >= 0.6 is 11.8 Å². The molecule has 0 aliphatic heterocycles. The number of anilines is 1. The minimum absolute atomic E-state index is 0.0466. The van der Waals surface area contributed by atoms with Crippen molar-refractivity contribution in [3.05, 3.63) is 15.8 Å². The summed E-state index contributed by atoms with van der Waals surface area (Å²) in [5.41, 5.74) is 0.284. The standard InChI is InChI=1S/C11H18N4O3S/c1-4-12-11-13-8(3)9(15(17)18)10(14-11)19-6-7(2)5-16/h7,16H,4-6H2,1-3H3,(H,12,13,14). The van der Waals surface area contributed by atoms with Crippen molar-refractivity contribution in [2.24, 2.45) is 5.92 Å². The van der Waals surface area contributed by atoms with E-state index in [0.29, 0.717) is 29.0 Å². The molecule has 0 fully saturated rings. The summed E-state index contributed by atoms with van der Waals surface area (Å²) in [4.78, 5) is 18.8. The molecule has 19 heavy (non-hydrogen) atoms. The summed E-state index contributed by atoms with van der Waals surface area (Å²) in [6.45, 7) is 6.07. The lowest BCUT2D eigenvalue weighted by Crippen LogP contribution is -2.09. The maximum absolute atomic E-state index is 11.1. The van der Waals surface area contributed by atoms with Gasteiger partial charge in [-0.25, -0.2) is 4.98 Å². The fourth-order valence-corrected chi connectivity index (χ4v) is 2.42. The number of nitrogens with one attached hydrogen (secondary N) is 1. The quantitative estimate of drug-likeness (QED) is 0.341. The van der Waals surface area contributed by atoms with Crippen molar-refractivity contribution in [2.75, 3.05) is 24.2 Å². The molecule has 0 aliphatic rings. The number of aryl methyl sites for hydroxylation is 1. The third-order valence-corrected chi connectivity index (χ3v) is 3.65. The molecular weight excluding hydrogens is 268 g/mol. The van der Waals surface area contributed by atoms with Crippen LogP contribution in [0.15, 0.2) is 5.03 Å². The third-order valence-electron chi connectivity index (χ3n) is 2.36. The molecule has 0 saturated carbocycles. The molecule has 1 rings (SSSR count). The van der Waals surface area contributed by atoms with Gasteiger partial charge in [-0.15, -0.1) is 0 Å². The van der Waals surface area contributed by atoms with Gasteiger partial charge >= 0.3 is 5.69 Å². The molecule has 1 atom stereocenters. The van der Waals surface area contributed by atoms with Crippen LogP contribution in [-0.2, 0) is 0 Å². The Hall–Kier alpha value is -1.41. The van der Waals surface area contributed by atoms with Gasteiger partial charge in [0.15, 0.2) is 5.03 Å². The van der Waals surface area contributed by atoms with Crippen molar-refractivity contribution < 1.29 is 10.0 Å². The molecule has 8 heteroatoms. The lowest BCUT2D eigenvalue weighted by Gasteiger charge is -2.09. The first-order valence-corrected chi connectivity index (χ1v) is 6.98. The van der Waals surface area contributed by atoms with Crippen LogP contribution in [0.1, 0.15) is 19.5 Å². The van der Waals surface area contributed by atoms with Gasteiger partial charge in [-0.2, -0.15) is 4.98 Å². The second-order valence-corrected chi connectivity index (χ2v) is 5.18. The molecule has 1 aromatic heterocycles. The smallest absolute Gasteiger partial charge is 0.322 e. The number of rotatable bonds is 7. The van der Waals surface area contributed by atoms with Crippen molar-refractivity contribution in [3.8, 4) is 0 Å². The summed E-state index contributed by atoms with van der Waals surface area (Å²) in [6.07, 6.45) is 0. The van der Waals surface area contributed by atoms with Crippen LogP contribution in [0.2, 0.25) is 0 Å². The van der Waals surface area contributed by atoms with Crippen molar-refractivity contribution in [3.63, 3.8) is 0 Å². The Labute approximate surface area is 116 Å². The van der Waals surface area contributed by atoms with Crippen LogP contribution in [-0.4, -0.2) is 38.9 Å². The summed E-state index contributed by atoms with van der Waals surface area (Å²) in [7, 11) is 0. The largest absolute Gasteiger partial charge is 0.396 e. The van der Waals surface area contributed by atoms with Gasteiger partial charge in [0.25, 0.3) is 0 Å². The van der Waals surface area contributed by atoms with Gasteiger partial charge in [-0.1, -0.05) is 18.7 Å². The predicted octanol–water partition coefficient (Wildman–Crippen LogP) is 1.85. The van der Waals surface area contributed by atoms with E-state index in [4.69, 9.17) is 5.11 Å². The molecule has 1 heterocycles. The van der Waals surface area contributed by atoms with Gasteiger partial charge in [0.05, 0.1) is 4.92 Å². The third kappa shape index (κ3) is 4.32. The normalized spacial score (nSPS) is 12.2. The van der Waals surface area contributed by atoms with E-state index < -0.39 is 4.92 Å². The molecule has 1 aromatic rings. The summed E-state index contributed by atoms with van der Waals surface area (Å²) in [5, 5.41) is 23.4. The van der Waals surface area contributed by atoms with Crippen LogP contribution in [0.4, 0.5) is 11.6 Å². The van der Waals surface area contributed by atoms with Crippen LogP contribution in [0.25, 0.3) is 0 Å². The van der Waals surface area contributed by atoms with Crippen molar-refractivity contribution in [2.45, 2.75) is 25.8 Å². The summed E-state index contributed by atoms with van der Waals surface area (Å²) >= 11 is 1.27. The molecule has 1 unspecified atom stereocenters. The number of hydrogen-bond acceptors (Lipinski definition) is 7. The molecule has 2 N–H and O–H groups in total. The molecule has 0 radical (unpaired) electrons. The van der Waals surface area contributed by atoms with E-state index in [1.54, 1.807) is 6.92 Å². The van der Waals surface area contributed by atoms with E-state index in [9.17, 15) is 10.1 Å². The lowest BCUT2D eigenvalue weighted by molar-refractivity contribution is -0.389. The SMILES string of the molecule is CCNc1nc(C)c([N+](=O)[O-])c(SCC(C)CO)n1. The predicted molar refractivity (Wildman–Crippen MR) is 74.6 cm³/mol. The molecule has 0 spiro atoms. The second kappa shape index (κ2) is 7.25. The number of aliphatic hydroxyl groups excluding tert-OH is 1. The fourth-order valence-electron chi connectivity index (χ4n) is 1.36. The Morgan fingerprint density at radius 3 is 2.74 bits per heavy atom. The Morgan fingerprint density at radius 2 is 2.21 bits per heavy atom. The van der Waals surface area contributed by atoms with E-state index in [1.165, 1.54) is 11.8 Å². The van der Waals surface area contributed by atoms with Crippen LogP contribution in [0.5, 0.6) is 0 Å². The number of nitro groups is 1. The number of hydrogen-bond donors (Lipinski definition) is 2. The Balaban J connectivity index is 3.05. The zero-order valence-electron chi connectivity index (χ0n) is 11.2. The van der Waals surface area contributed by atoms with Crippen LogP contribution in [0.3, 0.4) is 0 Å². The molecule has 0 amide bonds. The average molecular weight is 286 g/mol. The summed E-state index contributed by atoms with van der Waals surface area (Å²) < 4.78 is 0. The molecule has 7 nitrogen and oxygen atoms in total. The van der Waals surface area contributed by atoms with Gasteiger partial charge in [0, 0.05) is 18.9 Å². The van der Waals surface area contributed by atoms with Crippen LogP contribution < -0.4 is 5.32 Å². The summed E-state index contributed by atoms with van der Waals surface area (Å²) in [5.74, 6) is 1.02. The van der Waals surface area contributed by atoms with Gasteiger partial charge in [0.2, 0.25) is 5.95 Å². The highest BCUT2D eigenvalue weighted by molar-refractivity contribution is 7.99. The zero-order chi connectivity index (χ0) is 14.4. The number of aliphatic hydroxyl groups is 1. The molecule has 106 valence electrons. The average Bonchev–Trinajstić information content (AvgIpc) is 2.35. The van der Waals surface area contributed by atoms with Crippen molar-refractivity contribution in [1.82, 2.24) is 9.97 Å². The molecule has 0 aliphatic carbocycles. The maximum Gasteiger partial charge on any atom is 0.322 e. The topological polar surface area (TPSA) is 101 Å². The first-order chi connectivity index (χ1) is 8.99. The maximum atomic E-state index is 11.1. The first-order valence-electron chi connectivity index (χ1n) is 6.00. The van der Waals surface area contributed by atoms with Crippen LogP contribution in [0, 0.1) is 23.0 Å². The number of thioether (sulfide) groups is 1. The number of aromatic nitrogens is 2. The monoisotopic (exact) mass is 286 g/mol.